The number of nitrogens with one attached hydrogen (secondary N) is 1. The fourth-order valence-electron chi connectivity index (χ4n) is 3.14. The SMILES string of the molecule is COc1ccccc1CNC(=O)COC(=O)c1ccccc1-c1nc2ccccc2s1. The molecule has 0 spiro atoms. The van der Waals surface area contributed by atoms with Gasteiger partial charge in [0.15, 0.2) is 6.61 Å². The number of amides is 1. The zero-order valence-corrected chi connectivity index (χ0v) is 17.6. The van der Waals surface area contributed by atoms with Crippen molar-refractivity contribution < 1.29 is 19.1 Å². The van der Waals surface area contributed by atoms with Crippen LogP contribution in [-0.4, -0.2) is 30.6 Å². The van der Waals surface area contributed by atoms with E-state index in [4.69, 9.17) is 9.47 Å². The Balaban J connectivity index is 1.41. The molecular weight excluding hydrogens is 412 g/mol. The smallest absolute Gasteiger partial charge is 0.339 e. The van der Waals surface area contributed by atoms with Gasteiger partial charge in [0.05, 0.1) is 22.9 Å². The van der Waals surface area contributed by atoms with Gasteiger partial charge in [-0.3, -0.25) is 4.79 Å². The number of thiazole rings is 1. The molecule has 0 aliphatic carbocycles. The molecule has 0 bridgehead atoms. The lowest BCUT2D eigenvalue weighted by Gasteiger charge is -2.10. The minimum absolute atomic E-state index is 0.280. The summed E-state index contributed by atoms with van der Waals surface area (Å²) in [6.45, 7) is -0.0924. The summed E-state index contributed by atoms with van der Waals surface area (Å²) in [7, 11) is 1.57. The predicted molar refractivity (Wildman–Crippen MR) is 120 cm³/mol. The highest BCUT2D eigenvalue weighted by Crippen LogP contribution is 2.32. The zero-order valence-electron chi connectivity index (χ0n) is 16.8. The van der Waals surface area contributed by atoms with Crippen molar-refractivity contribution in [1.82, 2.24) is 10.3 Å². The average molecular weight is 433 g/mol. The van der Waals surface area contributed by atoms with Gasteiger partial charge in [0.25, 0.3) is 5.91 Å². The van der Waals surface area contributed by atoms with Crippen molar-refractivity contribution in [2.75, 3.05) is 13.7 Å². The van der Waals surface area contributed by atoms with E-state index < -0.39 is 11.9 Å². The third-order valence-electron chi connectivity index (χ3n) is 4.67. The van der Waals surface area contributed by atoms with Gasteiger partial charge in [-0.1, -0.05) is 48.5 Å². The number of benzene rings is 3. The van der Waals surface area contributed by atoms with Gasteiger partial charge in [-0.25, -0.2) is 9.78 Å². The second-order valence-corrected chi connectivity index (χ2v) is 7.73. The zero-order chi connectivity index (χ0) is 21.6. The number of methoxy groups -OCH3 is 1. The fraction of sp³-hybridized carbons (Fsp3) is 0.125. The first-order chi connectivity index (χ1) is 15.2. The van der Waals surface area contributed by atoms with Crippen LogP contribution in [0.25, 0.3) is 20.8 Å². The molecule has 0 saturated carbocycles. The van der Waals surface area contributed by atoms with Crippen LogP contribution in [0.5, 0.6) is 5.75 Å². The molecule has 7 heteroatoms. The summed E-state index contributed by atoms with van der Waals surface area (Å²) in [6.07, 6.45) is 0. The number of fused-ring (bicyclic) bond motifs is 1. The topological polar surface area (TPSA) is 77.5 Å². The van der Waals surface area contributed by atoms with Gasteiger partial charge in [0.1, 0.15) is 10.8 Å². The molecule has 1 N–H and O–H groups in total. The minimum Gasteiger partial charge on any atom is -0.496 e. The van der Waals surface area contributed by atoms with E-state index in [2.05, 4.69) is 10.3 Å². The molecule has 0 saturated heterocycles. The van der Waals surface area contributed by atoms with Gasteiger partial charge in [0.2, 0.25) is 0 Å². The van der Waals surface area contributed by atoms with Gasteiger partial charge in [0, 0.05) is 17.7 Å². The molecule has 3 aromatic carbocycles. The van der Waals surface area contributed by atoms with Crippen molar-refractivity contribution in [2.24, 2.45) is 0 Å². The first-order valence-electron chi connectivity index (χ1n) is 9.66. The fourth-order valence-corrected chi connectivity index (χ4v) is 4.14. The molecule has 0 radical (unpaired) electrons. The quantitative estimate of drug-likeness (QED) is 0.437. The third kappa shape index (κ3) is 4.73. The minimum atomic E-state index is -0.567. The number of aromatic nitrogens is 1. The Morgan fingerprint density at radius 1 is 0.968 bits per heavy atom. The number of carbonyl (C=O) groups is 2. The molecule has 1 heterocycles. The highest BCUT2D eigenvalue weighted by atomic mass is 32.1. The van der Waals surface area contributed by atoms with Crippen LogP contribution in [0.4, 0.5) is 0 Å². The Bertz CT molecular complexity index is 1200. The molecule has 1 amide bonds. The van der Waals surface area contributed by atoms with Crippen molar-refractivity contribution in [3.63, 3.8) is 0 Å². The Morgan fingerprint density at radius 2 is 1.71 bits per heavy atom. The number of hydrogen-bond donors (Lipinski definition) is 1. The lowest BCUT2D eigenvalue weighted by Crippen LogP contribution is -2.28. The van der Waals surface area contributed by atoms with Gasteiger partial charge < -0.3 is 14.8 Å². The summed E-state index contributed by atoms with van der Waals surface area (Å²) < 4.78 is 11.6. The van der Waals surface area contributed by atoms with E-state index in [1.807, 2.05) is 60.7 Å². The highest BCUT2D eigenvalue weighted by Gasteiger charge is 2.18. The molecule has 0 fully saturated rings. The Morgan fingerprint density at radius 3 is 2.55 bits per heavy atom. The normalized spacial score (nSPS) is 10.6. The van der Waals surface area contributed by atoms with Crippen molar-refractivity contribution in [3.05, 3.63) is 83.9 Å². The summed E-state index contributed by atoms with van der Waals surface area (Å²) in [6, 6.07) is 22.3. The van der Waals surface area contributed by atoms with Crippen LogP contribution < -0.4 is 10.1 Å². The van der Waals surface area contributed by atoms with Crippen LogP contribution in [0.3, 0.4) is 0 Å². The van der Waals surface area contributed by atoms with Crippen molar-refractivity contribution in [3.8, 4) is 16.3 Å². The maximum absolute atomic E-state index is 12.7. The van der Waals surface area contributed by atoms with E-state index in [0.717, 1.165) is 20.8 Å². The van der Waals surface area contributed by atoms with E-state index in [-0.39, 0.29) is 13.2 Å². The van der Waals surface area contributed by atoms with Crippen LogP contribution in [0, 0.1) is 0 Å². The summed E-state index contributed by atoms with van der Waals surface area (Å²) >= 11 is 1.51. The molecule has 4 rings (SSSR count). The van der Waals surface area contributed by atoms with Crippen molar-refractivity contribution >= 4 is 33.4 Å². The van der Waals surface area contributed by atoms with E-state index in [0.29, 0.717) is 16.9 Å². The van der Waals surface area contributed by atoms with Crippen LogP contribution in [0.15, 0.2) is 72.8 Å². The van der Waals surface area contributed by atoms with Gasteiger partial charge in [-0.2, -0.15) is 0 Å². The Kier molecular flexibility index (Phi) is 6.24. The monoisotopic (exact) mass is 432 g/mol. The van der Waals surface area contributed by atoms with Crippen molar-refractivity contribution in [2.45, 2.75) is 6.54 Å². The highest BCUT2D eigenvalue weighted by molar-refractivity contribution is 7.21. The maximum Gasteiger partial charge on any atom is 0.339 e. The second kappa shape index (κ2) is 9.40. The van der Waals surface area contributed by atoms with Crippen LogP contribution >= 0.6 is 11.3 Å². The number of para-hydroxylation sites is 2. The van der Waals surface area contributed by atoms with Gasteiger partial charge in [-0.15, -0.1) is 11.3 Å². The van der Waals surface area contributed by atoms with Crippen molar-refractivity contribution in [1.29, 1.82) is 0 Å². The standard InChI is InChI=1S/C24H20N2O4S/c1-29-20-12-6-2-8-16(20)14-25-22(27)15-30-24(28)18-10-4-3-9-17(18)23-26-19-11-5-7-13-21(19)31-23/h2-13H,14-15H2,1H3,(H,25,27). The summed E-state index contributed by atoms with van der Waals surface area (Å²) in [4.78, 5) is 29.5. The molecule has 4 aromatic rings. The number of hydrogen-bond acceptors (Lipinski definition) is 6. The number of esters is 1. The average Bonchev–Trinajstić information content (AvgIpc) is 3.25. The molecule has 0 aliphatic heterocycles. The number of rotatable bonds is 7. The molecule has 6 nitrogen and oxygen atoms in total. The number of nitrogens with zero attached hydrogens (tertiary/aromatic N) is 1. The molecule has 0 aliphatic rings. The predicted octanol–water partition coefficient (Wildman–Crippen LogP) is 4.45. The molecule has 0 unspecified atom stereocenters. The lowest BCUT2D eigenvalue weighted by molar-refractivity contribution is -0.124. The summed E-state index contributed by atoms with van der Waals surface area (Å²) in [5.41, 5.74) is 2.77. The van der Waals surface area contributed by atoms with Crippen LogP contribution in [0.1, 0.15) is 15.9 Å². The van der Waals surface area contributed by atoms with Crippen LogP contribution in [-0.2, 0) is 16.1 Å². The van der Waals surface area contributed by atoms with E-state index in [1.54, 1.807) is 19.2 Å². The first kappa shape index (κ1) is 20.6. The molecule has 156 valence electrons. The molecule has 0 atom stereocenters. The lowest BCUT2D eigenvalue weighted by atomic mass is 10.1. The van der Waals surface area contributed by atoms with E-state index in [1.165, 1.54) is 11.3 Å². The Hall–Kier alpha value is -3.71. The summed E-state index contributed by atoms with van der Waals surface area (Å²) in [5, 5.41) is 3.47. The molecule has 1 aromatic heterocycles. The first-order valence-corrected chi connectivity index (χ1v) is 10.5. The molecular formula is C24H20N2O4S. The van der Waals surface area contributed by atoms with Gasteiger partial charge in [-0.05, 0) is 24.3 Å². The maximum atomic E-state index is 12.7. The van der Waals surface area contributed by atoms with E-state index >= 15 is 0 Å². The van der Waals surface area contributed by atoms with E-state index in [9.17, 15) is 9.59 Å². The largest absolute Gasteiger partial charge is 0.496 e. The second-order valence-electron chi connectivity index (χ2n) is 6.70. The van der Waals surface area contributed by atoms with Gasteiger partial charge >= 0.3 is 5.97 Å². The number of ether oxygens (including phenoxy) is 2. The Labute approximate surface area is 183 Å². The molecule has 31 heavy (non-hydrogen) atoms. The number of carbonyl (C=O) groups excluding carboxylic acids is 2. The summed E-state index contributed by atoms with van der Waals surface area (Å²) in [5.74, 6) is -0.274. The third-order valence-corrected chi connectivity index (χ3v) is 5.74. The van der Waals surface area contributed by atoms with Crippen LogP contribution in [0.2, 0.25) is 0 Å².